The predicted octanol–water partition coefficient (Wildman–Crippen LogP) is 14.9. The van der Waals surface area contributed by atoms with Crippen molar-refractivity contribution in [3.05, 3.63) is 36.5 Å². The number of esters is 1. The summed E-state index contributed by atoms with van der Waals surface area (Å²) < 4.78 is 5.91. The van der Waals surface area contributed by atoms with Crippen molar-refractivity contribution in [1.82, 2.24) is 5.32 Å². The second-order valence-electron chi connectivity index (χ2n) is 17.2. The van der Waals surface area contributed by atoms with Crippen molar-refractivity contribution >= 4 is 11.9 Å². The molecule has 0 spiro atoms. The molecule has 3 N–H and O–H groups in total. The minimum absolute atomic E-state index is 0.0640. The zero-order valence-corrected chi connectivity index (χ0v) is 38.7. The monoisotopic (exact) mass is 816 g/mol. The van der Waals surface area contributed by atoms with E-state index < -0.39 is 18.2 Å². The second-order valence-corrected chi connectivity index (χ2v) is 17.2. The number of aliphatic hydroxyl groups excluding tert-OH is 2. The molecule has 0 aromatic rings. The first kappa shape index (κ1) is 56.1. The number of carbonyl (C=O) groups excluding carboxylic acids is 2. The molecule has 0 saturated heterocycles. The number of ether oxygens (including phenoxy) is 1. The molecular weight excluding hydrogens is 719 g/mol. The van der Waals surface area contributed by atoms with E-state index in [0.29, 0.717) is 19.3 Å². The maximum absolute atomic E-state index is 13.2. The minimum atomic E-state index is -0.791. The van der Waals surface area contributed by atoms with Gasteiger partial charge in [0.15, 0.2) is 0 Å². The summed E-state index contributed by atoms with van der Waals surface area (Å²) in [6.07, 6.45) is 53.5. The Morgan fingerprint density at radius 2 is 0.931 bits per heavy atom. The van der Waals surface area contributed by atoms with Gasteiger partial charge in [-0.15, -0.1) is 0 Å². The van der Waals surface area contributed by atoms with E-state index in [-0.39, 0.29) is 24.9 Å². The fourth-order valence-electron chi connectivity index (χ4n) is 7.64. The van der Waals surface area contributed by atoms with Crippen LogP contribution in [0.25, 0.3) is 0 Å². The van der Waals surface area contributed by atoms with Crippen LogP contribution in [-0.2, 0) is 14.3 Å². The van der Waals surface area contributed by atoms with Crippen LogP contribution < -0.4 is 5.32 Å². The van der Waals surface area contributed by atoms with E-state index in [4.69, 9.17) is 4.74 Å². The molecular formula is C52H97NO5. The summed E-state index contributed by atoms with van der Waals surface area (Å²) in [4.78, 5) is 26.1. The number of nitrogens with one attached hydrogen (secondary N) is 1. The van der Waals surface area contributed by atoms with Crippen molar-refractivity contribution in [3.63, 3.8) is 0 Å². The molecule has 3 atom stereocenters. The summed E-state index contributed by atoms with van der Waals surface area (Å²) in [6.45, 7) is 6.37. The number of allylic oxidation sites excluding steroid dienone is 6. The summed E-state index contributed by atoms with van der Waals surface area (Å²) in [5.74, 6) is -0.501. The van der Waals surface area contributed by atoms with Crippen LogP contribution in [-0.4, -0.2) is 46.9 Å². The lowest BCUT2D eigenvalue weighted by Crippen LogP contribution is -2.46. The molecule has 0 aliphatic rings. The van der Waals surface area contributed by atoms with Gasteiger partial charge in [0, 0.05) is 6.42 Å². The third kappa shape index (κ3) is 40.8. The first-order valence-electron chi connectivity index (χ1n) is 25.2. The van der Waals surface area contributed by atoms with Gasteiger partial charge in [0.25, 0.3) is 0 Å². The SMILES string of the molecule is CC/C=C/C/C=C/CCCCCCCC(CC(=O)NC(CO)C(O)CCCCCCCCCCCCCCC)OC(=O)CCCCC/C=C\CCCCCCCCC. The molecule has 58 heavy (non-hydrogen) atoms. The van der Waals surface area contributed by atoms with Crippen LogP contribution in [0.15, 0.2) is 36.5 Å². The van der Waals surface area contributed by atoms with Gasteiger partial charge in [-0.05, 0) is 77.0 Å². The topological polar surface area (TPSA) is 95.9 Å². The normalized spacial score (nSPS) is 13.5. The van der Waals surface area contributed by atoms with Crippen molar-refractivity contribution in [2.24, 2.45) is 0 Å². The Balaban J connectivity index is 4.58. The zero-order chi connectivity index (χ0) is 42.4. The van der Waals surface area contributed by atoms with Gasteiger partial charge in [-0.2, -0.15) is 0 Å². The molecule has 340 valence electrons. The summed E-state index contributed by atoms with van der Waals surface area (Å²) in [5.41, 5.74) is 0. The van der Waals surface area contributed by atoms with Crippen molar-refractivity contribution in [3.8, 4) is 0 Å². The van der Waals surface area contributed by atoms with Crippen molar-refractivity contribution in [2.45, 2.75) is 277 Å². The zero-order valence-electron chi connectivity index (χ0n) is 38.7. The maximum Gasteiger partial charge on any atom is 0.306 e. The van der Waals surface area contributed by atoms with Crippen LogP contribution in [0, 0.1) is 0 Å². The predicted molar refractivity (Wildman–Crippen MR) is 250 cm³/mol. The molecule has 0 aliphatic carbocycles. The smallest absolute Gasteiger partial charge is 0.306 e. The highest BCUT2D eigenvalue weighted by Gasteiger charge is 2.24. The van der Waals surface area contributed by atoms with Crippen LogP contribution >= 0.6 is 0 Å². The van der Waals surface area contributed by atoms with Gasteiger partial charge >= 0.3 is 5.97 Å². The van der Waals surface area contributed by atoms with Crippen molar-refractivity contribution < 1.29 is 24.5 Å². The molecule has 0 heterocycles. The van der Waals surface area contributed by atoms with Gasteiger partial charge < -0.3 is 20.3 Å². The Morgan fingerprint density at radius 1 is 0.517 bits per heavy atom. The third-order valence-electron chi connectivity index (χ3n) is 11.5. The second kappa shape index (κ2) is 46.2. The molecule has 1 amide bonds. The average Bonchev–Trinajstić information content (AvgIpc) is 3.22. The van der Waals surface area contributed by atoms with Gasteiger partial charge in [-0.3, -0.25) is 9.59 Å². The van der Waals surface area contributed by atoms with E-state index in [1.54, 1.807) is 0 Å². The molecule has 0 aliphatic heterocycles. The van der Waals surface area contributed by atoms with E-state index in [1.165, 1.54) is 128 Å². The van der Waals surface area contributed by atoms with Gasteiger partial charge in [-0.25, -0.2) is 0 Å². The first-order valence-corrected chi connectivity index (χ1v) is 25.2. The van der Waals surface area contributed by atoms with E-state index in [2.05, 4.69) is 62.5 Å². The number of aliphatic hydroxyl groups is 2. The number of rotatable bonds is 45. The lowest BCUT2D eigenvalue weighted by molar-refractivity contribution is -0.151. The summed E-state index contributed by atoms with van der Waals surface area (Å²) in [7, 11) is 0. The molecule has 0 rings (SSSR count). The Bertz CT molecular complexity index is 961. The van der Waals surface area contributed by atoms with E-state index >= 15 is 0 Å². The number of amides is 1. The highest BCUT2D eigenvalue weighted by molar-refractivity contribution is 5.77. The number of hydrogen-bond acceptors (Lipinski definition) is 5. The Labute approximate surface area is 360 Å². The maximum atomic E-state index is 13.2. The summed E-state index contributed by atoms with van der Waals surface area (Å²) >= 11 is 0. The molecule has 0 aromatic carbocycles. The van der Waals surface area contributed by atoms with E-state index in [0.717, 1.165) is 83.5 Å². The highest BCUT2D eigenvalue weighted by atomic mass is 16.5. The standard InChI is InChI=1S/C52H97NO5/c1-4-7-10-13-16-19-22-25-27-30-33-36-39-42-45-52(57)58-48(43-40-37-34-31-28-24-21-18-15-12-9-6-3)46-51(56)53-49(47-54)50(55)44-41-38-35-32-29-26-23-20-17-14-11-8-5-2/h9,12,18,21,27,30,48-50,54-55H,4-8,10-11,13-17,19-20,22-26,28-29,31-47H2,1-3H3,(H,53,56)/b12-9+,21-18+,30-27-. The summed E-state index contributed by atoms with van der Waals surface area (Å²) in [6, 6.07) is -0.706. The van der Waals surface area contributed by atoms with Crippen LogP contribution in [0.1, 0.15) is 258 Å². The Morgan fingerprint density at radius 3 is 1.41 bits per heavy atom. The van der Waals surface area contributed by atoms with E-state index in [1.807, 2.05) is 0 Å². The lowest BCUT2D eigenvalue weighted by atomic mass is 10.0. The molecule has 3 unspecified atom stereocenters. The van der Waals surface area contributed by atoms with E-state index in [9.17, 15) is 19.8 Å². The fourth-order valence-corrected chi connectivity index (χ4v) is 7.64. The largest absolute Gasteiger partial charge is 0.462 e. The number of unbranched alkanes of at least 4 members (excludes halogenated alkanes) is 27. The number of hydrogen-bond donors (Lipinski definition) is 3. The Hall–Kier alpha value is -1.92. The summed E-state index contributed by atoms with van der Waals surface area (Å²) in [5, 5.41) is 23.7. The van der Waals surface area contributed by atoms with Gasteiger partial charge in [0.2, 0.25) is 5.91 Å². The first-order chi connectivity index (χ1) is 28.5. The molecule has 6 heteroatoms. The van der Waals surface area contributed by atoms with Gasteiger partial charge in [0.1, 0.15) is 6.10 Å². The highest BCUT2D eigenvalue weighted by Crippen LogP contribution is 2.18. The lowest BCUT2D eigenvalue weighted by Gasteiger charge is -2.24. The molecule has 0 saturated carbocycles. The van der Waals surface area contributed by atoms with Crippen molar-refractivity contribution in [2.75, 3.05) is 6.61 Å². The fraction of sp³-hybridized carbons (Fsp3) is 0.846. The minimum Gasteiger partial charge on any atom is -0.462 e. The van der Waals surface area contributed by atoms with Gasteiger partial charge in [0.05, 0.1) is 25.2 Å². The average molecular weight is 816 g/mol. The van der Waals surface area contributed by atoms with Crippen LogP contribution in [0.5, 0.6) is 0 Å². The molecule has 0 bridgehead atoms. The van der Waals surface area contributed by atoms with Crippen LogP contribution in [0.2, 0.25) is 0 Å². The van der Waals surface area contributed by atoms with Gasteiger partial charge in [-0.1, -0.05) is 205 Å². The van der Waals surface area contributed by atoms with Crippen LogP contribution in [0.3, 0.4) is 0 Å². The van der Waals surface area contributed by atoms with Crippen LogP contribution in [0.4, 0.5) is 0 Å². The molecule has 0 fully saturated rings. The Kier molecular flexibility index (Phi) is 44.6. The molecule has 0 aromatic heterocycles. The molecule has 0 radical (unpaired) electrons. The number of carbonyl (C=O) groups is 2. The third-order valence-corrected chi connectivity index (χ3v) is 11.5. The van der Waals surface area contributed by atoms with Crippen molar-refractivity contribution in [1.29, 1.82) is 0 Å². The molecule has 6 nitrogen and oxygen atoms in total. The quantitative estimate of drug-likeness (QED) is 0.0323.